The molecular weight excluding hydrogens is 386 g/mol. The van der Waals surface area contributed by atoms with Gasteiger partial charge in [-0.3, -0.25) is 4.79 Å². The number of ether oxygens (including phenoxy) is 2. The minimum atomic E-state index is -2.91. The molecule has 1 aromatic heterocycles. The van der Waals surface area contributed by atoms with Crippen LogP contribution in [0.2, 0.25) is 0 Å². The standard InChI is InChI=1S/C19H16F2N4O4/c1-2-28-18(27)12-3-5-13(6-4-12)23-17(26)16-22-11-25(24-16)14-7-9-15(10-8-14)29-19(20)21/h3-11,19H,2H2,1H3,(H,23,26). The van der Waals surface area contributed by atoms with Crippen LogP contribution in [0.4, 0.5) is 14.5 Å². The van der Waals surface area contributed by atoms with E-state index in [2.05, 4.69) is 20.1 Å². The number of hydrogen-bond donors (Lipinski definition) is 1. The van der Waals surface area contributed by atoms with Gasteiger partial charge in [-0.15, -0.1) is 5.10 Å². The largest absolute Gasteiger partial charge is 0.462 e. The molecule has 3 aromatic rings. The highest BCUT2D eigenvalue weighted by Crippen LogP contribution is 2.17. The summed E-state index contributed by atoms with van der Waals surface area (Å²) in [7, 11) is 0. The summed E-state index contributed by atoms with van der Waals surface area (Å²) in [6.07, 6.45) is 1.32. The number of nitrogens with zero attached hydrogens (tertiary/aromatic N) is 3. The molecule has 1 amide bonds. The van der Waals surface area contributed by atoms with E-state index in [9.17, 15) is 18.4 Å². The third kappa shape index (κ3) is 5.12. The predicted octanol–water partition coefficient (Wildman–Crippen LogP) is 3.30. The number of hydrogen-bond acceptors (Lipinski definition) is 6. The fraction of sp³-hybridized carbons (Fsp3) is 0.158. The third-order valence-corrected chi connectivity index (χ3v) is 3.68. The number of carbonyl (C=O) groups excluding carboxylic acids is 2. The van der Waals surface area contributed by atoms with Gasteiger partial charge in [0, 0.05) is 5.69 Å². The zero-order valence-corrected chi connectivity index (χ0v) is 15.2. The molecule has 0 saturated heterocycles. The quantitative estimate of drug-likeness (QED) is 0.610. The van der Waals surface area contributed by atoms with Gasteiger partial charge in [-0.2, -0.15) is 8.78 Å². The lowest BCUT2D eigenvalue weighted by atomic mass is 10.2. The first-order chi connectivity index (χ1) is 14.0. The molecule has 0 saturated carbocycles. The molecule has 0 aliphatic rings. The summed E-state index contributed by atoms with van der Waals surface area (Å²) in [6.45, 7) is -0.925. The van der Waals surface area contributed by atoms with E-state index < -0.39 is 18.5 Å². The molecule has 0 unspecified atom stereocenters. The van der Waals surface area contributed by atoms with Gasteiger partial charge in [-0.05, 0) is 55.5 Å². The molecule has 0 fully saturated rings. The Bertz CT molecular complexity index is 988. The van der Waals surface area contributed by atoms with Crippen LogP contribution in [-0.4, -0.2) is 39.9 Å². The normalized spacial score (nSPS) is 10.6. The molecule has 8 nitrogen and oxygen atoms in total. The van der Waals surface area contributed by atoms with Crippen molar-refractivity contribution in [1.82, 2.24) is 14.8 Å². The average molecular weight is 402 g/mol. The molecule has 1 N–H and O–H groups in total. The minimum Gasteiger partial charge on any atom is -0.462 e. The second-order valence-corrected chi connectivity index (χ2v) is 5.64. The zero-order chi connectivity index (χ0) is 20.8. The molecular formula is C19H16F2N4O4. The van der Waals surface area contributed by atoms with Crippen molar-refractivity contribution in [2.75, 3.05) is 11.9 Å². The van der Waals surface area contributed by atoms with E-state index in [4.69, 9.17) is 4.74 Å². The number of anilines is 1. The third-order valence-electron chi connectivity index (χ3n) is 3.68. The highest BCUT2D eigenvalue weighted by Gasteiger charge is 2.14. The Morgan fingerprint density at radius 2 is 1.79 bits per heavy atom. The maximum Gasteiger partial charge on any atom is 0.387 e. The first kappa shape index (κ1) is 19.9. The Balaban J connectivity index is 1.65. The zero-order valence-electron chi connectivity index (χ0n) is 15.2. The van der Waals surface area contributed by atoms with Crippen LogP contribution in [0.25, 0.3) is 5.69 Å². The van der Waals surface area contributed by atoms with Gasteiger partial charge in [0.2, 0.25) is 5.82 Å². The number of esters is 1. The van der Waals surface area contributed by atoms with Crippen LogP contribution in [0.5, 0.6) is 5.75 Å². The van der Waals surface area contributed by atoms with Crippen LogP contribution in [0.1, 0.15) is 27.9 Å². The lowest BCUT2D eigenvalue weighted by Crippen LogP contribution is -2.14. The molecule has 2 aromatic carbocycles. The van der Waals surface area contributed by atoms with E-state index >= 15 is 0 Å². The molecule has 0 aliphatic carbocycles. The number of nitrogens with one attached hydrogen (secondary N) is 1. The van der Waals surface area contributed by atoms with Crippen molar-refractivity contribution in [3.8, 4) is 11.4 Å². The number of aromatic nitrogens is 3. The van der Waals surface area contributed by atoms with Gasteiger partial charge in [0.25, 0.3) is 5.91 Å². The molecule has 0 atom stereocenters. The first-order valence-corrected chi connectivity index (χ1v) is 8.51. The summed E-state index contributed by atoms with van der Waals surface area (Å²) < 4.78 is 34.9. The lowest BCUT2D eigenvalue weighted by Gasteiger charge is -2.06. The van der Waals surface area contributed by atoms with Crippen molar-refractivity contribution in [3.63, 3.8) is 0 Å². The van der Waals surface area contributed by atoms with Gasteiger partial charge in [-0.1, -0.05) is 0 Å². The average Bonchev–Trinajstić information content (AvgIpc) is 3.19. The van der Waals surface area contributed by atoms with E-state index in [0.717, 1.165) is 0 Å². The van der Waals surface area contributed by atoms with E-state index in [1.807, 2.05) is 0 Å². The smallest absolute Gasteiger partial charge is 0.387 e. The molecule has 0 spiro atoms. The summed E-state index contributed by atoms with van der Waals surface area (Å²) in [5, 5.41) is 6.69. The Hall–Kier alpha value is -3.82. The van der Waals surface area contributed by atoms with Crippen LogP contribution in [0.15, 0.2) is 54.9 Å². The summed E-state index contributed by atoms with van der Waals surface area (Å²) in [4.78, 5) is 27.9. The molecule has 10 heteroatoms. The van der Waals surface area contributed by atoms with E-state index in [1.165, 1.54) is 47.4 Å². The molecule has 3 rings (SSSR count). The van der Waals surface area contributed by atoms with E-state index in [1.54, 1.807) is 19.1 Å². The monoisotopic (exact) mass is 402 g/mol. The first-order valence-electron chi connectivity index (χ1n) is 8.51. The molecule has 0 aliphatic heterocycles. The second-order valence-electron chi connectivity index (χ2n) is 5.64. The maximum absolute atomic E-state index is 12.3. The number of benzene rings is 2. The van der Waals surface area contributed by atoms with E-state index in [0.29, 0.717) is 16.9 Å². The van der Waals surface area contributed by atoms with E-state index in [-0.39, 0.29) is 18.2 Å². The molecule has 1 heterocycles. The summed E-state index contributed by atoms with van der Waals surface area (Å²) in [5.74, 6) is -1.08. The van der Waals surface area contributed by atoms with Crippen molar-refractivity contribution >= 4 is 17.6 Å². The fourth-order valence-corrected chi connectivity index (χ4v) is 2.36. The number of halogens is 2. The van der Waals surface area contributed by atoms with Gasteiger partial charge in [0.15, 0.2) is 0 Å². The second kappa shape index (κ2) is 8.91. The summed E-state index contributed by atoms with van der Waals surface area (Å²) in [6, 6.07) is 11.9. The van der Waals surface area contributed by atoms with Gasteiger partial charge in [-0.25, -0.2) is 14.5 Å². The van der Waals surface area contributed by atoms with Crippen molar-refractivity contribution in [1.29, 1.82) is 0 Å². The Labute approximate surface area is 164 Å². The highest BCUT2D eigenvalue weighted by molar-refractivity contribution is 6.01. The maximum atomic E-state index is 12.3. The van der Waals surface area contributed by atoms with Gasteiger partial charge in [0.05, 0.1) is 17.9 Å². The SMILES string of the molecule is CCOC(=O)c1ccc(NC(=O)c2ncn(-c3ccc(OC(F)F)cc3)n2)cc1. The molecule has 150 valence electrons. The van der Waals surface area contributed by atoms with Crippen molar-refractivity contribution in [3.05, 3.63) is 66.2 Å². The Kier molecular flexibility index (Phi) is 6.12. The predicted molar refractivity (Wildman–Crippen MR) is 98.3 cm³/mol. The number of carbonyl (C=O) groups is 2. The summed E-state index contributed by atoms with van der Waals surface area (Å²) in [5.41, 5.74) is 1.33. The molecule has 0 radical (unpaired) electrons. The van der Waals surface area contributed by atoms with Crippen LogP contribution in [0, 0.1) is 0 Å². The Morgan fingerprint density at radius 3 is 2.41 bits per heavy atom. The Morgan fingerprint density at radius 1 is 1.10 bits per heavy atom. The van der Waals surface area contributed by atoms with Crippen molar-refractivity contribution in [2.24, 2.45) is 0 Å². The number of rotatable bonds is 7. The van der Waals surface area contributed by atoms with Crippen molar-refractivity contribution in [2.45, 2.75) is 13.5 Å². The highest BCUT2D eigenvalue weighted by atomic mass is 19.3. The number of amides is 1. The molecule has 29 heavy (non-hydrogen) atoms. The van der Waals surface area contributed by atoms with Crippen molar-refractivity contribution < 1.29 is 27.8 Å². The van der Waals surface area contributed by atoms with Crippen LogP contribution in [0.3, 0.4) is 0 Å². The van der Waals surface area contributed by atoms with Crippen LogP contribution in [-0.2, 0) is 4.74 Å². The topological polar surface area (TPSA) is 95.3 Å². The van der Waals surface area contributed by atoms with Gasteiger partial charge >= 0.3 is 12.6 Å². The minimum absolute atomic E-state index is 0.00750. The number of alkyl halides is 2. The van der Waals surface area contributed by atoms with Crippen LogP contribution >= 0.6 is 0 Å². The molecule has 0 bridgehead atoms. The fourth-order valence-electron chi connectivity index (χ4n) is 2.36. The van der Waals surface area contributed by atoms with Gasteiger partial charge < -0.3 is 14.8 Å². The lowest BCUT2D eigenvalue weighted by molar-refractivity contribution is -0.0498. The summed E-state index contributed by atoms with van der Waals surface area (Å²) >= 11 is 0. The van der Waals surface area contributed by atoms with Gasteiger partial charge in [0.1, 0.15) is 12.1 Å². The van der Waals surface area contributed by atoms with Crippen LogP contribution < -0.4 is 10.1 Å².